The quantitative estimate of drug-likeness (QED) is 0.759. The number of hydrogen-bond donors (Lipinski definition) is 0. The SMILES string of the molecule is CC(C)CC(=O)Cc1ccnc(N(C)C)n1. The van der Waals surface area contributed by atoms with Gasteiger partial charge in [-0.15, -0.1) is 0 Å². The second kappa shape index (κ2) is 5.58. The molecule has 0 unspecified atom stereocenters. The van der Waals surface area contributed by atoms with Gasteiger partial charge < -0.3 is 4.90 Å². The molecule has 4 nitrogen and oxygen atoms in total. The molecule has 0 aliphatic carbocycles. The minimum atomic E-state index is 0.235. The molecular formula is C12H19N3O. The molecule has 1 heterocycles. The van der Waals surface area contributed by atoms with Gasteiger partial charge in [-0.1, -0.05) is 13.8 Å². The summed E-state index contributed by atoms with van der Waals surface area (Å²) >= 11 is 0. The molecule has 1 aromatic heterocycles. The number of carbonyl (C=O) groups excluding carboxylic acids is 1. The average molecular weight is 221 g/mol. The van der Waals surface area contributed by atoms with Crippen molar-refractivity contribution in [3.8, 4) is 0 Å². The summed E-state index contributed by atoms with van der Waals surface area (Å²) in [5.41, 5.74) is 0.796. The van der Waals surface area contributed by atoms with Crippen LogP contribution in [0.2, 0.25) is 0 Å². The fraction of sp³-hybridized carbons (Fsp3) is 0.583. The number of carbonyl (C=O) groups is 1. The first-order valence-corrected chi connectivity index (χ1v) is 5.50. The summed E-state index contributed by atoms with van der Waals surface area (Å²) in [4.78, 5) is 21.9. The van der Waals surface area contributed by atoms with Crippen molar-refractivity contribution in [1.29, 1.82) is 0 Å². The molecule has 4 heteroatoms. The van der Waals surface area contributed by atoms with E-state index < -0.39 is 0 Å². The van der Waals surface area contributed by atoms with Crippen molar-refractivity contribution in [3.05, 3.63) is 18.0 Å². The number of anilines is 1. The number of rotatable bonds is 5. The van der Waals surface area contributed by atoms with Gasteiger partial charge in [-0.05, 0) is 12.0 Å². The van der Waals surface area contributed by atoms with Crippen LogP contribution in [0.15, 0.2) is 12.3 Å². The smallest absolute Gasteiger partial charge is 0.224 e. The highest BCUT2D eigenvalue weighted by atomic mass is 16.1. The zero-order valence-electron chi connectivity index (χ0n) is 10.4. The van der Waals surface area contributed by atoms with Crippen molar-refractivity contribution in [1.82, 2.24) is 9.97 Å². The van der Waals surface area contributed by atoms with E-state index in [4.69, 9.17) is 0 Å². The molecule has 0 aliphatic rings. The summed E-state index contributed by atoms with van der Waals surface area (Å²) in [6.07, 6.45) is 2.71. The van der Waals surface area contributed by atoms with E-state index in [9.17, 15) is 4.79 Å². The lowest BCUT2D eigenvalue weighted by atomic mass is 10.0. The molecule has 0 saturated heterocycles. The maximum atomic E-state index is 11.6. The van der Waals surface area contributed by atoms with Crippen molar-refractivity contribution in [3.63, 3.8) is 0 Å². The minimum absolute atomic E-state index is 0.235. The second-order valence-electron chi connectivity index (χ2n) is 4.56. The molecule has 0 N–H and O–H groups in total. The Morgan fingerprint density at radius 2 is 2.12 bits per heavy atom. The highest BCUT2D eigenvalue weighted by Crippen LogP contribution is 2.07. The average Bonchev–Trinajstić information content (AvgIpc) is 2.16. The van der Waals surface area contributed by atoms with Gasteiger partial charge in [-0.3, -0.25) is 4.79 Å². The number of ketones is 1. The van der Waals surface area contributed by atoms with Crippen LogP contribution in [0.25, 0.3) is 0 Å². The lowest BCUT2D eigenvalue weighted by Crippen LogP contribution is -2.14. The van der Waals surface area contributed by atoms with E-state index in [0.717, 1.165) is 5.69 Å². The zero-order valence-corrected chi connectivity index (χ0v) is 10.4. The van der Waals surface area contributed by atoms with E-state index >= 15 is 0 Å². The molecule has 0 amide bonds. The standard InChI is InChI=1S/C12H19N3O/c1-9(2)7-11(16)8-10-5-6-13-12(14-10)15(3)4/h5-6,9H,7-8H2,1-4H3. The van der Waals surface area contributed by atoms with Gasteiger partial charge in [0.1, 0.15) is 5.78 Å². The molecule has 0 atom stereocenters. The van der Waals surface area contributed by atoms with Crippen LogP contribution in [0.3, 0.4) is 0 Å². The Labute approximate surface area is 96.7 Å². The Hall–Kier alpha value is -1.45. The first-order valence-electron chi connectivity index (χ1n) is 5.50. The molecule has 0 aliphatic heterocycles. The van der Waals surface area contributed by atoms with Crippen molar-refractivity contribution < 1.29 is 4.79 Å². The summed E-state index contributed by atoms with van der Waals surface area (Å²) in [6.45, 7) is 4.09. The highest BCUT2D eigenvalue weighted by molar-refractivity contribution is 5.80. The lowest BCUT2D eigenvalue weighted by molar-refractivity contribution is -0.119. The van der Waals surface area contributed by atoms with Crippen molar-refractivity contribution in [2.75, 3.05) is 19.0 Å². The van der Waals surface area contributed by atoms with E-state index in [2.05, 4.69) is 9.97 Å². The van der Waals surface area contributed by atoms with Crippen LogP contribution in [0.4, 0.5) is 5.95 Å². The van der Waals surface area contributed by atoms with Crippen LogP contribution < -0.4 is 4.90 Å². The first kappa shape index (κ1) is 12.6. The molecule has 0 saturated carbocycles. The molecule has 1 rings (SSSR count). The highest BCUT2D eigenvalue weighted by Gasteiger charge is 2.08. The molecular weight excluding hydrogens is 202 g/mol. The largest absolute Gasteiger partial charge is 0.347 e. The molecule has 1 aromatic rings. The van der Waals surface area contributed by atoms with Gasteiger partial charge in [0.25, 0.3) is 0 Å². The molecule has 0 radical (unpaired) electrons. The van der Waals surface area contributed by atoms with Crippen LogP contribution >= 0.6 is 0 Å². The Balaban J connectivity index is 2.67. The summed E-state index contributed by atoms with van der Waals surface area (Å²) in [7, 11) is 3.77. The van der Waals surface area contributed by atoms with Gasteiger partial charge in [0.15, 0.2) is 0 Å². The van der Waals surface area contributed by atoms with Crippen molar-refractivity contribution in [2.24, 2.45) is 5.92 Å². The third kappa shape index (κ3) is 3.96. The number of hydrogen-bond acceptors (Lipinski definition) is 4. The van der Waals surface area contributed by atoms with E-state index in [-0.39, 0.29) is 5.78 Å². The monoisotopic (exact) mass is 221 g/mol. The predicted octanol–water partition coefficient (Wildman–Crippen LogP) is 1.70. The molecule has 0 bridgehead atoms. The van der Waals surface area contributed by atoms with Gasteiger partial charge >= 0.3 is 0 Å². The van der Waals surface area contributed by atoms with Crippen LogP contribution in [0, 0.1) is 5.92 Å². The third-order valence-electron chi connectivity index (χ3n) is 2.11. The maximum Gasteiger partial charge on any atom is 0.224 e. The Morgan fingerprint density at radius 3 is 2.69 bits per heavy atom. The molecule has 0 spiro atoms. The van der Waals surface area contributed by atoms with Crippen LogP contribution in [0.1, 0.15) is 26.0 Å². The normalized spacial score (nSPS) is 10.6. The summed E-state index contributed by atoms with van der Waals surface area (Å²) in [5, 5.41) is 0. The Kier molecular flexibility index (Phi) is 4.40. The maximum absolute atomic E-state index is 11.6. The second-order valence-corrected chi connectivity index (χ2v) is 4.56. The predicted molar refractivity (Wildman–Crippen MR) is 64.5 cm³/mol. The van der Waals surface area contributed by atoms with Crippen LogP contribution in [0.5, 0.6) is 0 Å². The lowest BCUT2D eigenvalue weighted by Gasteiger charge is -2.10. The number of aromatic nitrogens is 2. The molecule has 0 fully saturated rings. The molecule has 0 aromatic carbocycles. The number of nitrogens with zero attached hydrogens (tertiary/aromatic N) is 3. The van der Waals surface area contributed by atoms with Crippen LogP contribution in [-0.2, 0) is 11.2 Å². The summed E-state index contributed by atoms with van der Waals surface area (Å²) in [5.74, 6) is 1.29. The van der Waals surface area contributed by atoms with Gasteiger partial charge in [-0.2, -0.15) is 0 Å². The van der Waals surface area contributed by atoms with Gasteiger partial charge in [0.2, 0.25) is 5.95 Å². The summed E-state index contributed by atoms with van der Waals surface area (Å²) < 4.78 is 0. The molecule has 88 valence electrons. The van der Waals surface area contributed by atoms with Crippen molar-refractivity contribution >= 4 is 11.7 Å². The Bertz CT molecular complexity index is 361. The van der Waals surface area contributed by atoms with E-state index in [1.807, 2.05) is 32.8 Å². The molecule has 16 heavy (non-hydrogen) atoms. The van der Waals surface area contributed by atoms with Crippen LogP contribution in [-0.4, -0.2) is 29.8 Å². The fourth-order valence-electron chi connectivity index (χ4n) is 1.43. The topological polar surface area (TPSA) is 46.1 Å². The Morgan fingerprint density at radius 1 is 1.44 bits per heavy atom. The number of Topliss-reactive ketones (excluding diaryl/α,β-unsaturated/α-hetero) is 1. The zero-order chi connectivity index (χ0) is 12.1. The van der Waals surface area contributed by atoms with E-state index in [0.29, 0.717) is 24.7 Å². The van der Waals surface area contributed by atoms with Gasteiger partial charge in [0, 0.05) is 33.1 Å². The van der Waals surface area contributed by atoms with E-state index in [1.54, 1.807) is 12.3 Å². The summed E-state index contributed by atoms with van der Waals surface area (Å²) in [6, 6.07) is 1.80. The third-order valence-corrected chi connectivity index (χ3v) is 2.11. The fourth-order valence-corrected chi connectivity index (χ4v) is 1.43. The first-order chi connectivity index (χ1) is 7.49. The van der Waals surface area contributed by atoms with Gasteiger partial charge in [-0.25, -0.2) is 9.97 Å². The van der Waals surface area contributed by atoms with Gasteiger partial charge in [0.05, 0.1) is 5.69 Å². The van der Waals surface area contributed by atoms with E-state index in [1.165, 1.54) is 0 Å². The van der Waals surface area contributed by atoms with Crippen molar-refractivity contribution in [2.45, 2.75) is 26.7 Å². The minimum Gasteiger partial charge on any atom is -0.347 e.